The molecule has 7 nitrogen and oxygen atoms in total. The van der Waals surface area contributed by atoms with Crippen LogP contribution in [0.15, 0.2) is 41.3 Å². The highest BCUT2D eigenvalue weighted by molar-refractivity contribution is 7.10. The lowest BCUT2D eigenvalue weighted by Crippen LogP contribution is -2.62. The zero-order valence-electron chi connectivity index (χ0n) is 17.2. The summed E-state index contributed by atoms with van der Waals surface area (Å²) >= 11 is 0. The highest BCUT2D eigenvalue weighted by Gasteiger charge is 2.42. The Morgan fingerprint density at radius 2 is 1.97 bits per heavy atom. The fourth-order valence-corrected chi connectivity index (χ4v) is 4.61. The molecule has 0 N–H and O–H groups in total. The van der Waals surface area contributed by atoms with E-state index in [9.17, 15) is 14.4 Å². The van der Waals surface area contributed by atoms with Crippen molar-refractivity contribution in [2.24, 2.45) is 0 Å². The number of ketones is 1. The SMILES string of the molecule is C[C@H]1CCN(C)[C@@H]2Cn3cc(C(=O)CCc4ccccc4)c(=O)c(OP)c3C(=O)N12. The maximum absolute atomic E-state index is 13.3. The second kappa shape index (κ2) is 8.32. The molecule has 2 aliphatic rings. The molecule has 1 saturated heterocycles. The molecule has 0 bridgehead atoms. The Balaban J connectivity index is 1.70. The molecule has 1 fully saturated rings. The normalized spacial score (nSPS) is 21.2. The van der Waals surface area contributed by atoms with Crippen molar-refractivity contribution in [3.63, 3.8) is 0 Å². The maximum Gasteiger partial charge on any atom is 0.276 e. The standard InChI is InChI=1S/C22H26N3O4P/c1-14-10-11-23(2)18-13-24-12-16(17(26)9-8-15-6-4-3-5-7-15)20(27)21(29-30)19(24)22(28)25(14)18/h3-7,12,14,18H,8-11,13,30H2,1-2H3/t14-,18-/m0/s1. The van der Waals surface area contributed by atoms with E-state index in [0.717, 1.165) is 18.5 Å². The zero-order valence-corrected chi connectivity index (χ0v) is 18.4. The Labute approximate surface area is 177 Å². The fourth-order valence-electron chi connectivity index (χ4n) is 4.39. The predicted molar refractivity (Wildman–Crippen MR) is 117 cm³/mol. The van der Waals surface area contributed by atoms with Gasteiger partial charge in [0.2, 0.25) is 5.43 Å². The number of likely N-dealkylation sites (N-methyl/N-ethyl adjacent to an activating group) is 1. The van der Waals surface area contributed by atoms with E-state index in [-0.39, 0.29) is 47.3 Å². The minimum Gasteiger partial charge on any atom is -0.474 e. The molecular formula is C22H26N3O4P. The first-order valence-corrected chi connectivity index (χ1v) is 10.6. The van der Waals surface area contributed by atoms with Gasteiger partial charge in [-0.15, -0.1) is 0 Å². The average Bonchev–Trinajstić information content (AvgIpc) is 2.75. The van der Waals surface area contributed by atoms with Crippen LogP contribution < -0.4 is 9.95 Å². The van der Waals surface area contributed by atoms with Crippen LogP contribution in [-0.4, -0.2) is 51.9 Å². The molecule has 30 heavy (non-hydrogen) atoms. The molecule has 1 amide bonds. The topological polar surface area (TPSA) is 71.9 Å². The predicted octanol–water partition coefficient (Wildman–Crippen LogP) is 2.34. The Morgan fingerprint density at radius 1 is 1.23 bits per heavy atom. The van der Waals surface area contributed by atoms with Crippen molar-refractivity contribution in [1.82, 2.24) is 14.4 Å². The molecule has 158 valence electrons. The Hall–Kier alpha value is -2.50. The van der Waals surface area contributed by atoms with Gasteiger partial charge in [0.15, 0.2) is 17.2 Å². The number of carbonyl (C=O) groups is 2. The summed E-state index contributed by atoms with van der Waals surface area (Å²) in [7, 11) is 4.04. The van der Waals surface area contributed by atoms with Crippen molar-refractivity contribution in [3.8, 4) is 5.75 Å². The molecule has 1 aromatic carbocycles. The molecule has 0 radical (unpaired) electrons. The van der Waals surface area contributed by atoms with E-state index in [0.29, 0.717) is 13.0 Å². The monoisotopic (exact) mass is 427 g/mol. The van der Waals surface area contributed by atoms with Crippen LogP contribution in [0.1, 0.15) is 46.2 Å². The molecule has 4 rings (SSSR count). The van der Waals surface area contributed by atoms with Crippen LogP contribution >= 0.6 is 9.47 Å². The van der Waals surface area contributed by atoms with Gasteiger partial charge in [-0.1, -0.05) is 30.3 Å². The number of pyridine rings is 1. The van der Waals surface area contributed by atoms with E-state index in [1.807, 2.05) is 58.7 Å². The second-order valence-corrected chi connectivity index (χ2v) is 8.28. The lowest BCUT2D eigenvalue weighted by Gasteiger charge is -2.49. The molecule has 1 aromatic heterocycles. The summed E-state index contributed by atoms with van der Waals surface area (Å²) in [5, 5.41) is 0. The van der Waals surface area contributed by atoms with Crippen LogP contribution in [0.3, 0.4) is 0 Å². The number of rotatable bonds is 5. The summed E-state index contributed by atoms with van der Waals surface area (Å²) in [5.41, 5.74) is 0.794. The van der Waals surface area contributed by atoms with Gasteiger partial charge >= 0.3 is 0 Å². The van der Waals surface area contributed by atoms with Gasteiger partial charge in [0.25, 0.3) is 5.91 Å². The van der Waals surface area contributed by atoms with Gasteiger partial charge in [-0.3, -0.25) is 19.3 Å². The third-order valence-electron chi connectivity index (χ3n) is 6.14. The smallest absolute Gasteiger partial charge is 0.276 e. The van der Waals surface area contributed by atoms with Crippen LogP contribution in [0.25, 0.3) is 0 Å². The van der Waals surface area contributed by atoms with Gasteiger partial charge in [-0.25, -0.2) is 0 Å². The number of amides is 1. The number of hydrogen-bond acceptors (Lipinski definition) is 5. The maximum atomic E-state index is 13.3. The molecular weight excluding hydrogens is 401 g/mol. The lowest BCUT2D eigenvalue weighted by atomic mass is 10.0. The van der Waals surface area contributed by atoms with E-state index in [2.05, 4.69) is 4.90 Å². The van der Waals surface area contributed by atoms with Gasteiger partial charge in [0.05, 0.1) is 21.6 Å². The average molecular weight is 427 g/mol. The number of aryl methyl sites for hydroxylation is 1. The first kappa shape index (κ1) is 20.8. The van der Waals surface area contributed by atoms with E-state index < -0.39 is 5.43 Å². The Morgan fingerprint density at radius 3 is 2.67 bits per heavy atom. The van der Waals surface area contributed by atoms with Gasteiger partial charge < -0.3 is 14.0 Å². The third-order valence-corrected chi connectivity index (χ3v) is 6.38. The van der Waals surface area contributed by atoms with Crippen molar-refractivity contribution >= 4 is 21.2 Å². The van der Waals surface area contributed by atoms with Crippen molar-refractivity contribution < 1.29 is 14.1 Å². The van der Waals surface area contributed by atoms with E-state index in [1.165, 1.54) is 0 Å². The summed E-state index contributed by atoms with van der Waals surface area (Å²) < 4.78 is 7.00. The summed E-state index contributed by atoms with van der Waals surface area (Å²) in [6.07, 6.45) is 3.07. The molecule has 3 heterocycles. The highest BCUT2D eigenvalue weighted by Crippen LogP contribution is 2.31. The molecule has 0 spiro atoms. The minimum absolute atomic E-state index is 0.0693. The number of fused-ring (bicyclic) bond motifs is 2. The number of aromatic nitrogens is 1. The molecule has 0 saturated carbocycles. The first-order valence-electron chi connectivity index (χ1n) is 10.2. The third kappa shape index (κ3) is 3.57. The molecule has 0 aliphatic carbocycles. The van der Waals surface area contributed by atoms with Gasteiger partial charge in [-0.05, 0) is 32.4 Å². The Kier molecular flexibility index (Phi) is 5.76. The Bertz CT molecular complexity index is 1040. The molecule has 2 aromatic rings. The number of hydrogen-bond donors (Lipinski definition) is 0. The number of carbonyl (C=O) groups excluding carboxylic acids is 2. The van der Waals surface area contributed by atoms with Crippen molar-refractivity contribution in [2.75, 3.05) is 13.6 Å². The van der Waals surface area contributed by atoms with Gasteiger partial charge in [-0.2, -0.15) is 0 Å². The largest absolute Gasteiger partial charge is 0.474 e. The molecule has 8 heteroatoms. The number of benzene rings is 1. The van der Waals surface area contributed by atoms with Gasteiger partial charge in [0, 0.05) is 25.2 Å². The first-order chi connectivity index (χ1) is 14.4. The van der Waals surface area contributed by atoms with Crippen molar-refractivity contribution in [1.29, 1.82) is 0 Å². The number of Topliss-reactive ketones (excluding diaryl/α,β-unsaturated/α-hetero) is 1. The van der Waals surface area contributed by atoms with Crippen LogP contribution in [-0.2, 0) is 13.0 Å². The van der Waals surface area contributed by atoms with Crippen molar-refractivity contribution in [2.45, 2.75) is 44.9 Å². The lowest BCUT2D eigenvalue weighted by molar-refractivity contribution is -0.0207. The van der Waals surface area contributed by atoms with E-state index >= 15 is 0 Å². The van der Waals surface area contributed by atoms with Crippen LogP contribution in [0, 0.1) is 0 Å². The summed E-state index contributed by atoms with van der Waals surface area (Å²) in [5.74, 6) is -0.555. The summed E-state index contributed by atoms with van der Waals surface area (Å²) in [4.78, 5) is 43.2. The summed E-state index contributed by atoms with van der Waals surface area (Å²) in [6, 6.07) is 9.76. The quantitative estimate of drug-likeness (QED) is 0.541. The minimum atomic E-state index is -0.529. The van der Waals surface area contributed by atoms with Crippen LogP contribution in [0.2, 0.25) is 0 Å². The molecule has 1 unspecified atom stereocenters. The molecule has 3 atom stereocenters. The van der Waals surface area contributed by atoms with Crippen LogP contribution in [0.5, 0.6) is 5.75 Å². The highest BCUT2D eigenvalue weighted by atomic mass is 31.0. The summed E-state index contributed by atoms with van der Waals surface area (Å²) in [6.45, 7) is 3.40. The zero-order chi connectivity index (χ0) is 21.4. The van der Waals surface area contributed by atoms with Gasteiger partial charge in [0.1, 0.15) is 6.17 Å². The molecule has 2 aliphatic heterocycles. The van der Waals surface area contributed by atoms with Crippen LogP contribution in [0.4, 0.5) is 0 Å². The fraction of sp³-hybridized carbons (Fsp3) is 0.409. The van der Waals surface area contributed by atoms with Crippen molar-refractivity contribution in [3.05, 3.63) is 63.6 Å². The van der Waals surface area contributed by atoms with E-state index in [4.69, 9.17) is 4.52 Å². The number of nitrogens with zero attached hydrogens (tertiary/aromatic N) is 3. The van der Waals surface area contributed by atoms with E-state index in [1.54, 1.807) is 10.8 Å². The second-order valence-electron chi connectivity index (χ2n) is 8.04.